The number of thioether (sulfide) groups is 1. The van der Waals surface area contributed by atoms with Crippen LogP contribution >= 0.6 is 11.8 Å². The van der Waals surface area contributed by atoms with Gasteiger partial charge in [-0.3, -0.25) is 9.36 Å². The molecule has 7 nitrogen and oxygen atoms in total. The molecule has 2 N–H and O–H groups in total. The van der Waals surface area contributed by atoms with E-state index in [1.165, 1.54) is 21.9 Å². The Labute approximate surface area is 144 Å². The Morgan fingerprint density at radius 3 is 2.92 bits per heavy atom. The fraction of sp³-hybridized carbons (Fsp3) is 0.438. The molecule has 0 spiro atoms. The van der Waals surface area contributed by atoms with Gasteiger partial charge in [-0.05, 0) is 18.4 Å². The lowest BCUT2D eigenvalue weighted by Crippen LogP contribution is -2.27. The van der Waals surface area contributed by atoms with Crippen LogP contribution in [0.3, 0.4) is 0 Å². The quantitative estimate of drug-likeness (QED) is 0.494. The molecule has 2 aromatic rings. The van der Waals surface area contributed by atoms with Crippen molar-refractivity contribution in [3.05, 3.63) is 46.4 Å². The van der Waals surface area contributed by atoms with Crippen molar-refractivity contribution in [1.82, 2.24) is 20.1 Å². The topological polar surface area (TPSA) is 89.0 Å². The fourth-order valence-corrected chi connectivity index (χ4v) is 2.95. The van der Waals surface area contributed by atoms with E-state index in [1.807, 2.05) is 30.3 Å². The van der Waals surface area contributed by atoms with Crippen molar-refractivity contribution in [2.45, 2.75) is 24.5 Å². The molecule has 0 aliphatic carbocycles. The SMILES string of the molecule is COCCCn1c(SCC(=O)NCCc2ccccc2)n[nH]c1=O. The molecule has 0 unspecified atom stereocenters. The third kappa shape index (κ3) is 5.86. The Bertz CT molecular complexity index is 684. The first-order chi connectivity index (χ1) is 11.7. The van der Waals surface area contributed by atoms with Crippen LogP contribution < -0.4 is 11.0 Å². The number of rotatable bonds is 10. The number of nitrogens with zero attached hydrogens (tertiary/aromatic N) is 2. The molecule has 0 saturated carbocycles. The van der Waals surface area contributed by atoms with Gasteiger partial charge < -0.3 is 10.1 Å². The second-order valence-corrected chi connectivity index (χ2v) is 6.13. The molecule has 130 valence electrons. The van der Waals surface area contributed by atoms with Gasteiger partial charge >= 0.3 is 5.69 Å². The van der Waals surface area contributed by atoms with E-state index in [2.05, 4.69) is 15.5 Å². The monoisotopic (exact) mass is 350 g/mol. The zero-order chi connectivity index (χ0) is 17.2. The molecule has 0 saturated heterocycles. The summed E-state index contributed by atoms with van der Waals surface area (Å²) in [6.07, 6.45) is 1.51. The minimum atomic E-state index is -0.266. The molecule has 1 heterocycles. The smallest absolute Gasteiger partial charge is 0.343 e. The summed E-state index contributed by atoms with van der Waals surface area (Å²) >= 11 is 1.25. The molecule has 0 aliphatic rings. The first kappa shape index (κ1) is 18.3. The largest absolute Gasteiger partial charge is 0.385 e. The zero-order valence-corrected chi connectivity index (χ0v) is 14.5. The van der Waals surface area contributed by atoms with Gasteiger partial charge in [-0.15, -0.1) is 5.10 Å². The Balaban J connectivity index is 1.74. The Morgan fingerprint density at radius 2 is 2.17 bits per heavy atom. The van der Waals surface area contributed by atoms with E-state index < -0.39 is 0 Å². The molecule has 0 radical (unpaired) electrons. The van der Waals surface area contributed by atoms with Gasteiger partial charge in [0.25, 0.3) is 0 Å². The summed E-state index contributed by atoms with van der Waals surface area (Å²) in [7, 11) is 1.62. The normalized spacial score (nSPS) is 10.7. The Kier molecular flexibility index (Phi) is 7.57. The van der Waals surface area contributed by atoms with Crippen molar-refractivity contribution in [3.8, 4) is 0 Å². The molecule has 0 atom stereocenters. The maximum absolute atomic E-state index is 11.9. The maximum Gasteiger partial charge on any atom is 0.343 e. The molecule has 2 rings (SSSR count). The minimum Gasteiger partial charge on any atom is -0.385 e. The summed E-state index contributed by atoms with van der Waals surface area (Å²) in [5.41, 5.74) is 0.919. The highest BCUT2D eigenvalue weighted by atomic mass is 32.2. The van der Waals surface area contributed by atoms with Gasteiger partial charge in [-0.2, -0.15) is 0 Å². The number of benzene rings is 1. The van der Waals surface area contributed by atoms with E-state index in [1.54, 1.807) is 7.11 Å². The number of carbonyl (C=O) groups excluding carboxylic acids is 1. The first-order valence-corrected chi connectivity index (χ1v) is 8.77. The predicted molar refractivity (Wildman–Crippen MR) is 93.2 cm³/mol. The average Bonchev–Trinajstić information content (AvgIpc) is 2.94. The Hall–Kier alpha value is -2.06. The van der Waals surface area contributed by atoms with Gasteiger partial charge in [0.05, 0.1) is 5.75 Å². The van der Waals surface area contributed by atoms with Crippen LogP contribution in [0.5, 0.6) is 0 Å². The number of ether oxygens (including phenoxy) is 1. The van der Waals surface area contributed by atoms with Crippen molar-refractivity contribution in [1.29, 1.82) is 0 Å². The first-order valence-electron chi connectivity index (χ1n) is 7.78. The van der Waals surface area contributed by atoms with E-state index >= 15 is 0 Å². The number of H-pyrrole nitrogens is 1. The van der Waals surface area contributed by atoms with Crippen molar-refractivity contribution < 1.29 is 9.53 Å². The number of aromatic nitrogens is 3. The molecule has 24 heavy (non-hydrogen) atoms. The second kappa shape index (κ2) is 9.94. The Morgan fingerprint density at radius 1 is 1.38 bits per heavy atom. The van der Waals surface area contributed by atoms with Crippen molar-refractivity contribution in [2.75, 3.05) is 26.0 Å². The van der Waals surface area contributed by atoms with E-state index in [0.29, 0.717) is 31.3 Å². The molecule has 1 amide bonds. The maximum atomic E-state index is 11.9. The highest BCUT2D eigenvalue weighted by Crippen LogP contribution is 2.12. The molecular weight excluding hydrogens is 328 g/mol. The molecule has 0 aliphatic heterocycles. The van der Waals surface area contributed by atoms with Gasteiger partial charge in [-0.1, -0.05) is 42.1 Å². The summed E-state index contributed by atoms with van der Waals surface area (Å²) in [5.74, 6) is 0.151. The number of nitrogens with one attached hydrogen (secondary N) is 2. The summed E-state index contributed by atoms with van der Waals surface area (Å²) < 4.78 is 6.51. The standard InChI is InChI=1S/C16H22N4O3S/c1-23-11-5-10-20-15(22)18-19-16(20)24-12-14(21)17-9-8-13-6-3-2-4-7-13/h2-4,6-7H,5,8-12H2,1H3,(H,17,21)(H,18,22). The summed E-state index contributed by atoms with van der Waals surface area (Å²) in [6, 6.07) is 9.99. The number of hydrogen-bond acceptors (Lipinski definition) is 5. The summed E-state index contributed by atoms with van der Waals surface area (Å²) in [6.45, 7) is 1.67. The highest BCUT2D eigenvalue weighted by molar-refractivity contribution is 7.99. The van der Waals surface area contributed by atoms with Crippen molar-refractivity contribution >= 4 is 17.7 Å². The van der Waals surface area contributed by atoms with Crippen LogP contribution in [0.2, 0.25) is 0 Å². The number of hydrogen-bond donors (Lipinski definition) is 2. The van der Waals surface area contributed by atoms with Crippen LogP contribution in [0.25, 0.3) is 0 Å². The molecular formula is C16H22N4O3S. The van der Waals surface area contributed by atoms with Gasteiger partial charge in [0.1, 0.15) is 0 Å². The lowest BCUT2D eigenvalue weighted by atomic mass is 10.1. The van der Waals surface area contributed by atoms with Gasteiger partial charge in [0.2, 0.25) is 5.91 Å². The third-order valence-electron chi connectivity index (χ3n) is 3.36. The van der Waals surface area contributed by atoms with Gasteiger partial charge in [0.15, 0.2) is 5.16 Å². The average molecular weight is 350 g/mol. The zero-order valence-electron chi connectivity index (χ0n) is 13.7. The summed E-state index contributed by atoms with van der Waals surface area (Å²) in [4.78, 5) is 23.6. The van der Waals surface area contributed by atoms with Crippen LogP contribution in [0.1, 0.15) is 12.0 Å². The summed E-state index contributed by atoms with van der Waals surface area (Å²) in [5, 5.41) is 9.78. The van der Waals surface area contributed by atoms with Crippen LogP contribution in [-0.2, 0) is 22.5 Å². The molecule has 0 bridgehead atoms. The van der Waals surface area contributed by atoms with E-state index in [0.717, 1.165) is 6.42 Å². The molecule has 0 fully saturated rings. The number of amides is 1. The molecule has 1 aromatic heterocycles. The van der Waals surface area contributed by atoms with Crippen molar-refractivity contribution in [2.24, 2.45) is 0 Å². The van der Waals surface area contributed by atoms with Crippen LogP contribution in [0, 0.1) is 0 Å². The van der Waals surface area contributed by atoms with Crippen LogP contribution in [0.15, 0.2) is 40.3 Å². The van der Waals surface area contributed by atoms with Crippen LogP contribution in [0.4, 0.5) is 0 Å². The van der Waals surface area contributed by atoms with Crippen LogP contribution in [-0.4, -0.2) is 46.7 Å². The number of methoxy groups -OCH3 is 1. The highest BCUT2D eigenvalue weighted by Gasteiger charge is 2.11. The molecule has 1 aromatic carbocycles. The van der Waals surface area contributed by atoms with E-state index in [9.17, 15) is 9.59 Å². The van der Waals surface area contributed by atoms with Gasteiger partial charge in [-0.25, -0.2) is 9.89 Å². The minimum absolute atomic E-state index is 0.0742. The van der Waals surface area contributed by atoms with Crippen molar-refractivity contribution in [3.63, 3.8) is 0 Å². The second-order valence-electron chi connectivity index (χ2n) is 5.18. The third-order valence-corrected chi connectivity index (χ3v) is 4.34. The van der Waals surface area contributed by atoms with E-state index in [4.69, 9.17) is 4.74 Å². The lowest BCUT2D eigenvalue weighted by molar-refractivity contribution is -0.118. The number of carbonyl (C=O) groups is 1. The van der Waals surface area contributed by atoms with E-state index in [-0.39, 0.29) is 17.3 Å². The fourth-order valence-electron chi connectivity index (χ4n) is 2.15. The molecule has 8 heteroatoms. The van der Waals surface area contributed by atoms with Gasteiger partial charge in [0, 0.05) is 26.8 Å². The number of aromatic amines is 1. The predicted octanol–water partition coefficient (Wildman–Crippen LogP) is 1.06. The lowest BCUT2D eigenvalue weighted by Gasteiger charge is -2.06.